The Hall–Kier alpha value is -0.610. The minimum atomic E-state index is 0.125. The molecule has 0 atom stereocenters. The van der Waals surface area contributed by atoms with Crippen LogP contribution in [0.1, 0.15) is 52.0 Å². The van der Waals surface area contributed by atoms with Gasteiger partial charge >= 0.3 is 0 Å². The molecule has 0 bridgehead atoms. The van der Waals surface area contributed by atoms with E-state index in [1.54, 1.807) is 0 Å². The number of aromatic nitrogens is 1. The van der Waals surface area contributed by atoms with E-state index in [1.807, 2.05) is 6.20 Å². The van der Waals surface area contributed by atoms with Crippen LogP contribution in [-0.2, 0) is 6.54 Å². The van der Waals surface area contributed by atoms with Gasteiger partial charge in [0, 0.05) is 40.9 Å². The maximum atomic E-state index is 4.76. The second kappa shape index (κ2) is 5.88. The van der Waals surface area contributed by atoms with Crippen LogP contribution in [0.5, 0.6) is 0 Å². The zero-order valence-electron chi connectivity index (χ0n) is 13.3. The molecule has 1 aromatic heterocycles. The van der Waals surface area contributed by atoms with Gasteiger partial charge in [-0.1, -0.05) is 0 Å². The molecule has 2 saturated carbocycles. The van der Waals surface area contributed by atoms with E-state index in [9.17, 15) is 0 Å². The summed E-state index contributed by atoms with van der Waals surface area (Å²) in [7, 11) is 0. The van der Waals surface area contributed by atoms with Crippen LogP contribution in [0.25, 0.3) is 0 Å². The lowest BCUT2D eigenvalue weighted by Gasteiger charge is -2.28. The normalized spacial score (nSPS) is 18.9. The number of halogens is 1. The predicted octanol–water partition coefficient (Wildman–Crippen LogP) is 4.11. The lowest BCUT2D eigenvalue weighted by Crippen LogP contribution is -2.36. The fourth-order valence-electron chi connectivity index (χ4n) is 2.60. The molecule has 0 unspecified atom stereocenters. The average molecular weight is 352 g/mol. The molecule has 0 aromatic carbocycles. The van der Waals surface area contributed by atoms with Gasteiger partial charge in [0.2, 0.25) is 0 Å². The summed E-state index contributed by atoms with van der Waals surface area (Å²) in [5.74, 6) is 2.10. The van der Waals surface area contributed by atoms with Crippen molar-refractivity contribution >= 4 is 21.7 Å². The van der Waals surface area contributed by atoms with Crippen molar-refractivity contribution in [3.05, 3.63) is 22.3 Å². The van der Waals surface area contributed by atoms with Gasteiger partial charge in [-0.15, -0.1) is 0 Å². The molecular weight excluding hydrogens is 326 g/mol. The molecule has 2 aliphatic carbocycles. The molecule has 116 valence electrons. The summed E-state index contributed by atoms with van der Waals surface area (Å²) in [6, 6.07) is 2.95. The first-order valence-corrected chi connectivity index (χ1v) is 8.88. The highest BCUT2D eigenvalue weighted by Crippen LogP contribution is 2.38. The highest BCUT2D eigenvalue weighted by Gasteiger charge is 2.35. The van der Waals surface area contributed by atoms with Crippen molar-refractivity contribution in [2.24, 2.45) is 5.92 Å². The Morgan fingerprint density at radius 3 is 2.57 bits per heavy atom. The van der Waals surface area contributed by atoms with Gasteiger partial charge in [0.1, 0.15) is 5.82 Å². The maximum absolute atomic E-state index is 4.76. The van der Waals surface area contributed by atoms with E-state index in [2.05, 4.69) is 53.0 Å². The van der Waals surface area contributed by atoms with Crippen molar-refractivity contribution in [1.82, 2.24) is 10.3 Å². The largest absolute Gasteiger partial charge is 0.353 e. The van der Waals surface area contributed by atoms with Crippen LogP contribution in [0.4, 0.5) is 5.82 Å². The van der Waals surface area contributed by atoms with Crippen LogP contribution in [0.3, 0.4) is 0 Å². The van der Waals surface area contributed by atoms with Gasteiger partial charge < -0.3 is 10.2 Å². The van der Waals surface area contributed by atoms with Crippen molar-refractivity contribution in [3.63, 3.8) is 0 Å². The van der Waals surface area contributed by atoms with Crippen molar-refractivity contribution in [1.29, 1.82) is 0 Å². The van der Waals surface area contributed by atoms with Gasteiger partial charge in [0.05, 0.1) is 0 Å². The lowest BCUT2D eigenvalue weighted by atomic mass is 10.1. The lowest BCUT2D eigenvalue weighted by molar-refractivity contribution is 0.423. The fraction of sp³-hybridized carbons (Fsp3) is 0.706. The smallest absolute Gasteiger partial charge is 0.133 e. The van der Waals surface area contributed by atoms with Crippen LogP contribution in [0.15, 0.2) is 16.7 Å². The molecule has 1 N–H and O–H groups in total. The van der Waals surface area contributed by atoms with Crippen LogP contribution in [-0.4, -0.2) is 23.1 Å². The quantitative estimate of drug-likeness (QED) is 0.835. The number of nitrogens with one attached hydrogen (secondary N) is 1. The summed E-state index contributed by atoms with van der Waals surface area (Å²) in [4.78, 5) is 7.33. The molecule has 2 aliphatic rings. The van der Waals surface area contributed by atoms with Crippen molar-refractivity contribution < 1.29 is 0 Å². The van der Waals surface area contributed by atoms with Crippen LogP contribution in [0, 0.1) is 5.92 Å². The zero-order valence-corrected chi connectivity index (χ0v) is 14.9. The third-order valence-corrected chi connectivity index (χ3v) is 4.56. The monoisotopic (exact) mass is 351 g/mol. The highest BCUT2D eigenvalue weighted by molar-refractivity contribution is 9.10. The number of pyridine rings is 1. The van der Waals surface area contributed by atoms with E-state index in [0.717, 1.165) is 23.0 Å². The Morgan fingerprint density at radius 1 is 1.29 bits per heavy atom. The summed E-state index contributed by atoms with van der Waals surface area (Å²) in [6.45, 7) is 8.70. The number of anilines is 1. The Morgan fingerprint density at radius 2 is 2.00 bits per heavy atom. The van der Waals surface area contributed by atoms with Gasteiger partial charge in [-0.2, -0.15) is 0 Å². The third kappa shape index (κ3) is 4.43. The molecule has 3 rings (SSSR count). The van der Waals surface area contributed by atoms with E-state index in [4.69, 9.17) is 4.98 Å². The SMILES string of the molecule is CC(C)(C)NCc1cc(Br)cnc1N(CC1CC1)C1CC1. The molecule has 0 spiro atoms. The van der Waals surface area contributed by atoms with Crippen LogP contribution < -0.4 is 10.2 Å². The summed E-state index contributed by atoms with van der Waals surface area (Å²) in [5, 5.41) is 3.60. The predicted molar refractivity (Wildman–Crippen MR) is 91.6 cm³/mol. The van der Waals surface area contributed by atoms with E-state index >= 15 is 0 Å². The minimum absolute atomic E-state index is 0.125. The summed E-state index contributed by atoms with van der Waals surface area (Å²) >= 11 is 3.57. The molecule has 1 heterocycles. The Balaban J connectivity index is 1.81. The number of hydrogen-bond acceptors (Lipinski definition) is 3. The average Bonchev–Trinajstić information content (AvgIpc) is 3.24. The molecule has 3 nitrogen and oxygen atoms in total. The van der Waals surface area contributed by atoms with Gasteiger partial charge in [-0.25, -0.2) is 4.98 Å². The van der Waals surface area contributed by atoms with E-state index in [1.165, 1.54) is 43.6 Å². The van der Waals surface area contributed by atoms with Gasteiger partial charge in [0.25, 0.3) is 0 Å². The van der Waals surface area contributed by atoms with Crippen molar-refractivity contribution in [3.8, 4) is 0 Å². The summed E-state index contributed by atoms with van der Waals surface area (Å²) in [5.41, 5.74) is 1.44. The van der Waals surface area contributed by atoms with Crippen molar-refractivity contribution in [2.75, 3.05) is 11.4 Å². The molecule has 0 aliphatic heterocycles. The zero-order chi connectivity index (χ0) is 15.0. The highest BCUT2D eigenvalue weighted by atomic mass is 79.9. The number of hydrogen-bond donors (Lipinski definition) is 1. The Labute approximate surface area is 136 Å². The molecule has 0 amide bonds. The second-order valence-electron chi connectivity index (χ2n) is 7.57. The molecule has 21 heavy (non-hydrogen) atoms. The van der Waals surface area contributed by atoms with E-state index in [0.29, 0.717) is 0 Å². The summed E-state index contributed by atoms with van der Waals surface area (Å²) in [6.07, 6.45) is 7.40. The van der Waals surface area contributed by atoms with Crippen molar-refractivity contribution in [2.45, 2.75) is 64.6 Å². The van der Waals surface area contributed by atoms with Crippen LogP contribution >= 0.6 is 15.9 Å². The number of nitrogens with zero attached hydrogens (tertiary/aromatic N) is 2. The first-order chi connectivity index (χ1) is 9.92. The first-order valence-electron chi connectivity index (χ1n) is 8.08. The summed E-state index contributed by atoms with van der Waals surface area (Å²) < 4.78 is 1.07. The topological polar surface area (TPSA) is 28.2 Å². The van der Waals surface area contributed by atoms with Gasteiger partial charge in [-0.3, -0.25) is 0 Å². The molecule has 1 aromatic rings. The third-order valence-electron chi connectivity index (χ3n) is 4.13. The van der Waals surface area contributed by atoms with Crippen LogP contribution in [0.2, 0.25) is 0 Å². The molecular formula is C17H26BrN3. The molecule has 0 saturated heterocycles. The minimum Gasteiger partial charge on any atom is -0.353 e. The Bertz CT molecular complexity index is 501. The first kappa shape index (κ1) is 15.3. The standard InChI is InChI=1S/C17H26BrN3/c1-17(2,3)20-9-13-8-14(18)10-19-16(13)21(15-6-7-15)11-12-4-5-12/h8,10,12,15,20H,4-7,9,11H2,1-3H3. The molecule has 2 fully saturated rings. The maximum Gasteiger partial charge on any atom is 0.133 e. The van der Waals surface area contributed by atoms with E-state index in [-0.39, 0.29) is 5.54 Å². The second-order valence-corrected chi connectivity index (χ2v) is 8.48. The molecule has 0 radical (unpaired) electrons. The molecule has 4 heteroatoms. The van der Waals surface area contributed by atoms with Gasteiger partial charge in [-0.05, 0) is 74.4 Å². The van der Waals surface area contributed by atoms with Gasteiger partial charge in [0.15, 0.2) is 0 Å². The fourth-order valence-corrected chi connectivity index (χ4v) is 2.98. The number of rotatable bonds is 6. The van der Waals surface area contributed by atoms with E-state index < -0.39 is 0 Å². The Kier molecular flexibility index (Phi) is 4.28.